The predicted octanol–water partition coefficient (Wildman–Crippen LogP) is 3.52. The number of aliphatic imine (C=N–C) groups is 2. The molecule has 0 spiro atoms. The van der Waals surface area contributed by atoms with Crippen molar-refractivity contribution in [1.29, 1.82) is 5.41 Å². The molecular formula is C17H15F2N3. The lowest BCUT2D eigenvalue weighted by Crippen LogP contribution is -2.06. The number of rotatable bonds is 6. The molecule has 0 atom stereocenters. The Kier molecular flexibility index (Phi) is 5.65. The minimum absolute atomic E-state index is 0.234. The fourth-order valence-electron chi connectivity index (χ4n) is 1.67. The van der Waals surface area contributed by atoms with Crippen LogP contribution in [0, 0.1) is 17.0 Å². The first kappa shape index (κ1) is 15.7. The van der Waals surface area contributed by atoms with E-state index in [1.807, 2.05) is 0 Å². The van der Waals surface area contributed by atoms with Gasteiger partial charge in [-0.25, -0.2) is 8.78 Å². The van der Waals surface area contributed by atoms with Crippen LogP contribution in [0.25, 0.3) is 0 Å². The molecule has 2 aromatic rings. The quantitative estimate of drug-likeness (QED) is 0.793. The topological polar surface area (TPSA) is 48.6 Å². The predicted molar refractivity (Wildman–Crippen MR) is 85.4 cm³/mol. The molecule has 0 aliphatic heterocycles. The molecule has 2 aromatic carbocycles. The van der Waals surface area contributed by atoms with Crippen molar-refractivity contribution in [2.45, 2.75) is 0 Å². The van der Waals surface area contributed by atoms with Gasteiger partial charge in [-0.05, 0) is 35.4 Å². The van der Waals surface area contributed by atoms with Crippen molar-refractivity contribution in [2.24, 2.45) is 9.98 Å². The van der Waals surface area contributed by atoms with Gasteiger partial charge in [0.15, 0.2) is 0 Å². The minimum Gasteiger partial charge on any atom is -0.306 e. The maximum atomic E-state index is 12.7. The maximum Gasteiger partial charge on any atom is 0.123 e. The van der Waals surface area contributed by atoms with Crippen LogP contribution in [0.15, 0.2) is 58.5 Å². The van der Waals surface area contributed by atoms with Crippen molar-refractivity contribution in [2.75, 3.05) is 13.1 Å². The van der Waals surface area contributed by atoms with Crippen LogP contribution in [-0.4, -0.2) is 31.2 Å². The Hall–Kier alpha value is -2.69. The molecule has 0 aliphatic carbocycles. The highest BCUT2D eigenvalue weighted by Crippen LogP contribution is 2.01. The second-order valence-corrected chi connectivity index (χ2v) is 4.65. The number of hydrogen-bond donors (Lipinski definition) is 1. The monoisotopic (exact) mass is 299 g/mol. The third-order valence-corrected chi connectivity index (χ3v) is 2.79. The van der Waals surface area contributed by atoms with Crippen LogP contribution < -0.4 is 0 Å². The first-order chi connectivity index (χ1) is 10.6. The average Bonchev–Trinajstić information content (AvgIpc) is 2.51. The lowest BCUT2D eigenvalue weighted by molar-refractivity contribution is 0.627. The van der Waals surface area contributed by atoms with E-state index in [1.165, 1.54) is 24.3 Å². The van der Waals surface area contributed by atoms with Crippen molar-refractivity contribution in [3.63, 3.8) is 0 Å². The summed E-state index contributed by atoms with van der Waals surface area (Å²) in [6.45, 7) is 0.469. The fraction of sp³-hybridized carbons (Fsp3) is 0.118. The van der Waals surface area contributed by atoms with Gasteiger partial charge in [0.05, 0.1) is 18.8 Å². The Labute approximate surface area is 127 Å². The van der Waals surface area contributed by atoms with E-state index >= 15 is 0 Å². The number of halogens is 2. The van der Waals surface area contributed by atoms with E-state index in [1.54, 1.807) is 36.7 Å². The summed E-state index contributed by atoms with van der Waals surface area (Å²) in [6, 6.07) is 11.9. The molecule has 0 unspecified atom stereocenters. The van der Waals surface area contributed by atoms with Crippen LogP contribution >= 0.6 is 0 Å². The molecule has 5 heteroatoms. The maximum absolute atomic E-state index is 12.7. The summed E-state index contributed by atoms with van der Waals surface area (Å²) < 4.78 is 25.4. The molecule has 0 saturated heterocycles. The average molecular weight is 299 g/mol. The van der Waals surface area contributed by atoms with Gasteiger partial charge in [-0.3, -0.25) is 9.98 Å². The molecule has 2 rings (SSSR count). The summed E-state index contributed by atoms with van der Waals surface area (Å²) >= 11 is 0. The van der Waals surface area contributed by atoms with Gasteiger partial charge in [-0.2, -0.15) is 0 Å². The van der Waals surface area contributed by atoms with Gasteiger partial charge in [-0.15, -0.1) is 0 Å². The minimum atomic E-state index is -0.292. The molecule has 112 valence electrons. The summed E-state index contributed by atoms with van der Waals surface area (Å²) in [5, 5.41) is 7.74. The molecule has 0 radical (unpaired) electrons. The number of nitrogens with zero attached hydrogens (tertiary/aromatic N) is 2. The molecule has 22 heavy (non-hydrogen) atoms. The number of hydrogen-bond acceptors (Lipinski definition) is 3. The normalized spacial score (nSPS) is 11.4. The van der Waals surface area contributed by atoms with Crippen LogP contribution in [0.3, 0.4) is 0 Å². The van der Waals surface area contributed by atoms with Gasteiger partial charge in [0.25, 0.3) is 0 Å². The molecule has 0 bridgehead atoms. The highest BCUT2D eigenvalue weighted by atomic mass is 19.1. The molecule has 0 saturated carbocycles. The molecule has 0 heterocycles. The molecule has 3 nitrogen and oxygen atoms in total. The van der Waals surface area contributed by atoms with Crippen molar-refractivity contribution < 1.29 is 8.78 Å². The number of nitrogens with one attached hydrogen (secondary N) is 1. The van der Waals surface area contributed by atoms with Crippen LogP contribution in [0.1, 0.15) is 11.1 Å². The SMILES string of the molecule is N=C(CN=Cc1ccc(F)cc1)CN=Cc1ccc(F)cc1. The van der Waals surface area contributed by atoms with E-state index in [0.717, 1.165) is 11.1 Å². The van der Waals surface area contributed by atoms with E-state index in [4.69, 9.17) is 5.41 Å². The smallest absolute Gasteiger partial charge is 0.123 e. The summed E-state index contributed by atoms with van der Waals surface area (Å²) in [6.07, 6.45) is 3.19. The second-order valence-electron chi connectivity index (χ2n) is 4.65. The first-order valence-corrected chi connectivity index (χ1v) is 6.70. The molecule has 0 fully saturated rings. The van der Waals surface area contributed by atoms with Crippen LogP contribution in [0.4, 0.5) is 8.78 Å². The fourth-order valence-corrected chi connectivity index (χ4v) is 1.67. The van der Waals surface area contributed by atoms with Crippen molar-refractivity contribution >= 4 is 18.1 Å². The zero-order valence-electron chi connectivity index (χ0n) is 11.8. The van der Waals surface area contributed by atoms with Crippen LogP contribution in [0.2, 0.25) is 0 Å². The van der Waals surface area contributed by atoms with E-state index in [2.05, 4.69) is 9.98 Å². The molecule has 1 N–H and O–H groups in total. The Balaban J connectivity index is 1.78. The standard InChI is InChI=1S/C17H15F2N3/c18-15-5-1-13(2-6-15)9-21-11-17(20)12-22-10-14-3-7-16(19)8-4-14/h1-10,20H,11-12H2. The van der Waals surface area contributed by atoms with Gasteiger partial charge in [0.1, 0.15) is 11.6 Å². The summed E-state index contributed by atoms with van der Waals surface area (Å²) in [5.74, 6) is -0.583. The summed E-state index contributed by atoms with van der Waals surface area (Å²) in [7, 11) is 0. The summed E-state index contributed by atoms with van der Waals surface area (Å²) in [5.41, 5.74) is 1.92. The largest absolute Gasteiger partial charge is 0.306 e. The lowest BCUT2D eigenvalue weighted by Gasteiger charge is -1.97. The lowest BCUT2D eigenvalue weighted by atomic mass is 10.2. The third kappa shape index (κ3) is 5.36. The van der Waals surface area contributed by atoms with Gasteiger partial charge in [0, 0.05) is 12.4 Å². The van der Waals surface area contributed by atoms with Crippen LogP contribution in [-0.2, 0) is 0 Å². The van der Waals surface area contributed by atoms with Gasteiger partial charge < -0.3 is 5.41 Å². The van der Waals surface area contributed by atoms with E-state index in [-0.39, 0.29) is 24.7 Å². The molecule has 0 aliphatic rings. The molecular weight excluding hydrogens is 284 g/mol. The highest BCUT2D eigenvalue weighted by Gasteiger charge is 1.94. The Morgan fingerprint density at radius 2 is 1.14 bits per heavy atom. The van der Waals surface area contributed by atoms with Crippen LogP contribution in [0.5, 0.6) is 0 Å². The third-order valence-electron chi connectivity index (χ3n) is 2.79. The zero-order valence-corrected chi connectivity index (χ0v) is 11.8. The molecule has 0 aromatic heterocycles. The summed E-state index contributed by atoms with van der Waals surface area (Å²) in [4.78, 5) is 8.23. The second kappa shape index (κ2) is 7.93. The van der Waals surface area contributed by atoms with E-state index in [0.29, 0.717) is 5.71 Å². The Morgan fingerprint density at radius 1 is 0.773 bits per heavy atom. The first-order valence-electron chi connectivity index (χ1n) is 6.70. The van der Waals surface area contributed by atoms with Gasteiger partial charge in [-0.1, -0.05) is 24.3 Å². The van der Waals surface area contributed by atoms with Crippen molar-refractivity contribution in [3.8, 4) is 0 Å². The molecule has 0 amide bonds. The van der Waals surface area contributed by atoms with E-state index in [9.17, 15) is 8.78 Å². The van der Waals surface area contributed by atoms with Gasteiger partial charge >= 0.3 is 0 Å². The van der Waals surface area contributed by atoms with Crippen molar-refractivity contribution in [1.82, 2.24) is 0 Å². The zero-order chi connectivity index (χ0) is 15.8. The van der Waals surface area contributed by atoms with Crippen molar-refractivity contribution in [3.05, 3.63) is 71.3 Å². The highest BCUT2D eigenvalue weighted by molar-refractivity contribution is 5.90. The Bertz CT molecular complexity index is 615. The van der Waals surface area contributed by atoms with Gasteiger partial charge in [0.2, 0.25) is 0 Å². The number of benzene rings is 2. The Morgan fingerprint density at radius 3 is 1.50 bits per heavy atom. The van der Waals surface area contributed by atoms with E-state index < -0.39 is 0 Å².